The van der Waals surface area contributed by atoms with E-state index >= 15 is 4.39 Å². The third-order valence-corrected chi connectivity index (χ3v) is 18.3. The Hall–Kier alpha value is -6.84. The number of aryl methyl sites for hydroxylation is 2. The lowest BCUT2D eigenvalue weighted by Gasteiger charge is -2.42. The van der Waals surface area contributed by atoms with Crippen molar-refractivity contribution >= 4 is 56.5 Å². The molecule has 9 heterocycles. The molecule has 12 rings (SSSR count). The predicted molar refractivity (Wildman–Crippen MR) is 309 cm³/mol. The maximum absolute atomic E-state index is 17.2. The van der Waals surface area contributed by atoms with Crippen LogP contribution < -0.4 is 25.2 Å². The van der Waals surface area contributed by atoms with E-state index in [-0.39, 0.29) is 71.9 Å². The van der Waals surface area contributed by atoms with Crippen LogP contribution in [0.4, 0.5) is 16.0 Å². The van der Waals surface area contributed by atoms with Crippen molar-refractivity contribution in [2.75, 3.05) is 75.3 Å². The summed E-state index contributed by atoms with van der Waals surface area (Å²) < 4.78 is 36.0. The Balaban J connectivity index is 0.643. The average Bonchev–Trinajstić information content (AvgIpc) is 4.47. The summed E-state index contributed by atoms with van der Waals surface area (Å²) in [4.78, 5) is 56.3. The molecule has 3 aromatic carbocycles. The lowest BCUT2D eigenvalue weighted by atomic mass is 9.91. The number of nitrogens with zero attached hydrogens (tertiary/aromatic N) is 9. The molecule has 2 amide bonds. The molecular formula is C61H72FN11O7S. The molecule has 4 aromatic heterocycles. The van der Waals surface area contributed by atoms with Crippen molar-refractivity contribution in [3.8, 4) is 33.5 Å². The number of aromatic hydroxyl groups is 1. The number of hydrogen-bond donors (Lipinski definition) is 4. The second-order valence-electron chi connectivity index (χ2n) is 23.2. The van der Waals surface area contributed by atoms with Crippen LogP contribution in [0.5, 0.6) is 11.8 Å². The summed E-state index contributed by atoms with van der Waals surface area (Å²) in [6, 6.07) is 18.3. The number of rotatable bonds is 17. The van der Waals surface area contributed by atoms with Crippen molar-refractivity contribution in [3.63, 3.8) is 0 Å². The van der Waals surface area contributed by atoms with Crippen molar-refractivity contribution in [3.05, 3.63) is 101 Å². The van der Waals surface area contributed by atoms with Gasteiger partial charge in [-0.3, -0.25) is 19.5 Å². The monoisotopic (exact) mass is 1120 g/mol. The minimum atomic E-state index is -0.832. The van der Waals surface area contributed by atoms with E-state index in [0.29, 0.717) is 66.5 Å². The number of amides is 2. The van der Waals surface area contributed by atoms with Gasteiger partial charge in [0.2, 0.25) is 11.8 Å². The number of hydrogen-bond acceptors (Lipinski definition) is 17. The Labute approximate surface area is 475 Å². The number of pyridine rings is 1. The Kier molecular flexibility index (Phi) is 15.7. The van der Waals surface area contributed by atoms with Gasteiger partial charge in [-0.1, -0.05) is 68.4 Å². The highest BCUT2D eigenvalue weighted by atomic mass is 32.1. The highest BCUT2D eigenvalue weighted by molar-refractivity contribution is 7.13. The highest BCUT2D eigenvalue weighted by Gasteiger charge is 2.44. The van der Waals surface area contributed by atoms with Crippen LogP contribution in [0.1, 0.15) is 94.3 Å². The number of nitrogens with one attached hydrogen (secondary N) is 2. The first-order valence-electron chi connectivity index (χ1n) is 28.9. The zero-order valence-electron chi connectivity index (χ0n) is 46.7. The molecule has 0 radical (unpaired) electrons. The van der Waals surface area contributed by atoms with E-state index in [9.17, 15) is 19.8 Å². The number of anilines is 2. The molecule has 20 heteroatoms. The fourth-order valence-corrected chi connectivity index (χ4v) is 13.7. The molecule has 0 aliphatic carbocycles. The molecule has 5 aliphatic heterocycles. The van der Waals surface area contributed by atoms with Gasteiger partial charge in [0.05, 0.1) is 45.8 Å². The second-order valence-corrected chi connectivity index (χ2v) is 24.0. The van der Waals surface area contributed by atoms with Gasteiger partial charge in [0.1, 0.15) is 41.3 Å². The molecule has 0 spiro atoms. The normalized spacial score (nSPS) is 21.7. The highest BCUT2D eigenvalue weighted by Crippen LogP contribution is 2.40. The number of likely N-dealkylation sites (tertiary alicyclic amines) is 2. The van der Waals surface area contributed by atoms with E-state index in [1.807, 2.05) is 81.7 Å². The first-order chi connectivity index (χ1) is 39.2. The lowest BCUT2D eigenvalue weighted by molar-refractivity contribution is -0.141. The van der Waals surface area contributed by atoms with Crippen LogP contribution in [0, 0.1) is 24.6 Å². The van der Waals surface area contributed by atoms with Gasteiger partial charge in [0, 0.05) is 82.6 Å². The quantitative estimate of drug-likeness (QED) is 0.0678. The maximum Gasteiger partial charge on any atom is 0.319 e. The number of ether oxygens (including phenoxy) is 2. The molecule has 426 valence electrons. The Morgan fingerprint density at radius 2 is 1.77 bits per heavy atom. The van der Waals surface area contributed by atoms with Crippen LogP contribution in [0.25, 0.3) is 43.4 Å². The Morgan fingerprint density at radius 3 is 2.53 bits per heavy atom. The molecule has 6 atom stereocenters. The Bertz CT molecular complexity index is 3420. The molecule has 2 unspecified atom stereocenters. The smallest absolute Gasteiger partial charge is 0.319 e. The third kappa shape index (κ3) is 11.3. The molecule has 2 bridgehead atoms. The van der Waals surface area contributed by atoms with Crippen molar-refractivity contribution in [2.24, 2.45) is 11.8 Å². The van der Waals surface area contributed by atoms with Crippen molar-refractivity contribution < 1.29 is 38.2 Å². The number of thiazole rings is 1. The summed E-state index contributed by atoms with van der Waals surface area (Å²) in [5.41, 5.74) is 6.62. The fourth-order valence-electron chi connectivity index (χ4n) is 12.8. The number of fused-ring (bicyclic) bond motifs is 4. The third-order valence-electron chi connectivity index (χ3n) is 17.3. The predicted octanol–water partition coefficient (Wildman–Crippen LogP) is 8.19. The van der Waals surface area contributed by atoms with E-state index in [0.717, 1.165) is 103 Å². The van der Waals surface area contributed by atoms with Gasteiger partial charge in [-0.2, -0.15) is 9.97 Å². The van der Waals surface area contributed by atoms with Gasteiger partial charge in [-0.15, -0.1) is 11.3 Å². The topological polar surface area (TPSA) is 208 Å². The summed E-state index contributed by atoms with van der Waals surface area (Å²) in [6.07, 6.45) is 5.67. The molecule has 0 saturated carbocycles. The van der Waals surface area contributed by atoms with Crippen LogP contribution in [-0.4, -0.2) is 153 Å². The first kappa shape index (κ1) is 54.7. The lowest BCUT2D eigenvalue weighted by Crippen LogP contribution is -2.54. The fraction of sp³-hybridized carbons (Fsp3) is 0.492. The van der Waals surface area contributed by atoms with E-state index in [1.165, 1.54) is 4.90 Å². The summed E-state index contributed by atoms with van der Waals surface area (Å²) in [5.74, 6) is 0.264. The number of phenolic OH excluding ortho intramolecular Hbond substituents is 1. The van der Waals surface area contributed by atoms with Gasteiger partial charge in [0.25, 0.3) is 0 Å². The van der Waals surface area contributed by atoms with Crippen molar-refractivity contribution in [1.29, 1.82) is 0 Å². The van der Waals surface area contributed by atoms with E-state index in [4.69, 9.17) is 28.9 Å². The second kappa shape index (κ2) is 23.2. The van der Waals surface area contributed by atoms with Crippen LogP contribution in [-0.2, 0) is 20.7 Å². The van der Waals surface area contributed by atoms with E-state index in [1.54, 1.807) is 29.7 Å². The van der Waals surface area contributed by atoms with Crippen molar-refractivity contribution in [1.82, 2.24) is 45.5 Å². The standard InChI is InChI=1S/C61H72FN11O7S/c1-6-38-8-7-9-41-23-43(74)24-47(53(38)41)55-54(62)56-48(28-64-55)58(71-19-14-37-22-42(29-71)63-27-37)68-61(67-56)78-21-20-70-17-15-45(16-18-70)79-46-31-72(32-46)51-26-50(80-69-51)52(34(2)3)60(77)73-30-44(75)25-49(73)59(76)66-35(4)39-10-12-40(13-11-39)57-36(5)65-33-81-57/h7-13,23-24,26,28,33-35,37,42,44-46,49,52,63,74-75H,6,14-22,25,27,29-32H2,1-5H3,(H,66,76)/t35-,37?,42?,44+,49-,52-/m0/s1. The molecule has 4 N–H and O–H groups in total. The molecule has 5 aliphatic rings. The van der Waals surface area contributed by atoms with Gasteiger partial charge in [-0.05, 0) is 104 Å². The number of carbonyl (C=O) groups excluding carboxylic acids is 2. The number of halogens is 1. The summed E-state index contributed by atoms with van der Waals surface area (Å²) >= 11 is 1.59. The first-order valence-corrected chi connectivity index (χ1v) is 29.7. The Morgan fingerprint density at radius 1 is 0.951 bits per heavy atom. The number of phenols is 1. The number of aromatic nitrogens is 5. The number of aliphatic hydroxyl groups is 1. The molecule has 5 fully saturated rings. The number of piperidine rings is 1. The molecular weight excluding hydrogens is 1050 g/mol. The largest absolute Gasteiger partial charge is 0.508 e. The number of β-amino-alcohol motifs (C(OH)–C–C–N with tert-alkyl or cyclic N) is 1. The SMILES string of the molecule is CCc1cccc2cc(O)cc(-c3ncc4c(N5CCC6CNC(C6)C5)nc(OCCN5CCC(OC6CN(c7cc([C@@H](C(=O)N8C[C@H](O)C[C@H]8C(=O)N[C@@H](C)c8ccc(-c9scnc9C)cc8)C(C)C)on7)C6)CC5)nc4c3F)c12. The van der Waals surface area contributed by atoms with Crippen molar-refractivity contribution in [2.45, 2.75) is 115 Å². The average molecular weight is 1120 g/mol. The molecule has 18 nitrogen and oxygen atoms in total. The zero-order valence-corrected chi connectivity index (χ0v) is 47.5. The zero-order chi connectivity index (χ0) is 56.1. The van der Waals surface area contributed by atoms with E-state index < -0.39 is 23.9 Å². The van der Waals surface area contributed by atoms with Gasteiger partial charge >= 0.3 is 6.01 Å². The van der Waals surface area contributed by atoms with Gasteiger partial charge < -0.3 is 49.5 Å². The number of carbonyl (C=O) groups is 2. The minimum absolute atomic E-state index is 0.0197. The van der Waals surface area contributed by atoms with Crippen LogP contribution in [0.2, 0.25) is 0 Å². The molecule has 7 aromatic rings. The number of benzene rings is 3. The van der Waals surface area contributed by atoms with Crippen LogP contribution in [0.15, 0.2) is 76.9 Å². The van der Waals surface area contributed by atoms with Gasteiger partial charge in [-0.25, -0.2) is 9.37 Å². The van der Waals surface area contributed by atoms with Gasteiger partial charge in [0.15, 0.2) is 17.4 Å². The van der Waals surface area contributed by atoms with Crippen LogP contribution in [0.3, 0.4) is 0 Å². The summed E-state index contributed by atoms with van der Waals surface area (Å²) in [6.45, 7) is 16.3. The maximum atomic E-state index is 17.2. The molecule has 5 saturated heterocycles. The number of aliphatic hydroxyl groups excluding tert-OH is 1. The minimum Gasteiger partial charge on any atom is -0.508 e. The summed E-state index contributed by atoms with van der Waals surface area (Å²) in [5, 5.41) is 34.9. The van der Waals surface area contributed by atoms with E-state index in [2.05, 4.69) is 42.4 Å². The summed E-state index contributed by atoms with van der Waals surface area (Å²) in [7, 11) is 0. The molecule has 81 heavy (non-hydrogen) atoms. The van der Waals surface area contributed by atoms with Crippen LogP contribution >= 0.6 is 11.3 Å².